The number of thiophene rings is 1. The number of urea groups is 1. The predicted octanol–water partition coefficient (Wildman–Crippen LogP) is 4.05. The lowest BCUT2D eigenvalue weighted by Gasteiger charge is -2.37. The first-order valence-corrected chi connectivity index (χ1v) is 11.3. The molecule has 3 heterocycles. The summed E-state index contributed by atoms with van der Waals surface area (Å²) in [6.07, 6.45) is 1.64. The van der Waals surface area contributed by atoms with Crippen molar-refractivity contribution in [3.63, 3.8) is 0 Å². The maximum absolute atomic E-state index is 12.7. The molecule has 1 fully saturated rings. The van der Waals surface area contributed by atoms with Crippen LogP contribution in [0.5, 0.6) is 11.6 Å². The number of pyridine rings is 1. The zero-order valence-corrected chi connectivity index (χ0v) is 18.3. The summed E-state index contributed by atoms with van der Waals surface area (Å²) in [5.74, 6) is 1.02. The molecular weight excluding hydrogens is 410 g/mol. The Morgan fingerprint density at radius 3 is 2.65 bits per heavy atom. The Bertz CT molecular complexity index is 959. The van der Waals surface area contributed by atoms with Crippen molar-refractivity contribution in [2.24, 2.45) is 0 Å². The number of hydrogen-bond acceptors (Lipinski definition) is 6. The van der Waals surface area contributed by atoms with Gasteiger partial charge in [0.15, 0.2) is 0 Å². The highest BCUT2D eigenvalue weighted by Crippen LogP contribution is 2.27. The van der Waals surface area contributed by atoms with E-state index in [1.165, 1.54) is 4.88 Å². The van der Waals surface area contributed by atoms with Gasteiger partial charge in [0.2, 0.25) is 5.88 Å². The Morgan fingerprint density at radius 1 is 1.10 bits per heavy atom. The van der Waals surface area contributed by atoms with Crippen molar-refractivity contribution in [2.45, 2.75) is 6.04 Å². The van der Waals surface area contributed by atoms with Gasteiger partial charge in [-0.05, 0) is 42.8 Å². The number of aromatic nitrogens is 1. The van der Waals surface area contributed by atoms with E-state index in [4.69, 9.17) is 4.74 Å². The summed E-state index contributed by atoms with van der Waals surface area (Å²) in [5.41, 5.74) is 0.524. The Morgan fingerprint density at radius 2 is 1.90 bits per heavy atom. The quantitative estimate of drug-likeness (QED) is 0.584. The fourth-order valence-electron chi connectivity index (χ4n) is 3.55. The van der Waals surface area contributed by atoms with Gasteiger partial charge in [-0.3, -0.25) is 4.90 Å². The lowest BCUT2D eigenvalue weighted by Crippen LogP contribution is -2.48. The lowest BCUT2D eigenvalue weighted by molar-refractivity contribution is 0.113. The lowest BCUT2D eigenvalue weighted by atomic mass is 10.1. The molecule has 0 spiro atoms. The average molecular weight is 438 g/mol. The van der Waals surface area contributed by atoms with Crippen LogP contribution in [0.15, 0.2) is 66.2 Å². The summed E-state index contributed by atoms with van der Waals surface area (Å²) in [7, 11) is 2.15. The minimum atomic E-state index is -0.276. The summed E-state index contributed by atoms with van der Waals surface area (Å²) >= 11 is 1.73. The molecule has 7 nitrogen and oxygen atoms in total. The van der Waals surface area contributed by atoms with Crippen molar-refractivity contribution in [3.8, 4) is 11.6 Å². The van der Waals surface area contributed by atoms with E-state index in [0.29, 0.717) is 23.9 Å². The number of hydrogen-bond donors (Lipinski definition) is 2. The molecule has 3 aromatic rings. The average Bonchev–Trinajstić information content (AvgIpc) is 3.32. The van der Waals surface area contributed by atoms with E-state index in [2.05, 4.69) is 50.0 Å². The zero-order valence-electron chi connectivity index (χ0n) is 17.5. The van der Waals surface area contributed by atoms with Crippen LogP contribution in [0.1, 0.15) is 10.9 Å². The number of carbonyl (C=O) groups excluding carboxylic acids is 1. The van der Waals surface area contributed by atoms with Crippen molar-refractivity contribution in [3.05, 3.63) is 71.1 Å². The fraction of sp³-hybridized carbons (Fsp3) is 0.304. The molecule has 0 aliphatic carbocycles. The molecular formula is C23H27N5O2S. The number of likely N-dealkylation sites (N-methyl/N-ethyl adjacent to an activating group) is 1. The van der Waals surface area contributed by atoms with Gasteiger partial charge in [0.25, 0.3) is 0 Å². The highest BCUT2D eigenvalue weighted by Gasteiger charge is 2.25. The van der Waals surface area contributed by atoms with Gasteiger partial charge in [0.1, 0.15) is 11.4 Å². The molecule has 1 atom stereocenters. The molecule has 0 unspecified atom stereocenters. The van der Waals surface area contributed by atoms with Crippen molar-refractivity contribution in [1.29, 1.82) is 0 Å². The Labute approximate surface area is 186 Å². The normalized spacial score (nSPS) is 15.9. The van der Waals surface area contributed by atoms with E-state index in [0.717, 1.165) is 26.2 Å². The first-order chi connectivity index (χ1) is 15.2. The summed E-state index contributed by atoms with van der Waals surface area (Å²) < 4.78 is 5.84. The molecule has 8 heteroatoms. The first-order valence-electron chi connectivity index (χ1n) is 10.4. The topological polar surface area (TPSA) is 69.7 Å². The molecule has 0 radical (unpaired) electrons. The van der Waals surface area contributed by atoms with Gasteiger partial charge in [0, 0.05) is 43.8 Å². The van der Waals surface area contributed by atoms with Crippen molar-refractivity contribution in [2.75, 3.05) is 45.1 Å². The SMILES string of the molecule is CN1CCN([C@@H](CNC(=O)Nc2cccnc2Oc2ccccc2)c2cccs2)CC1. The number of amides is 2. The number of nitrogens with zero attached hydrogens (tertiary/aromatic N) is 3. The third-order valence-electron chi connectivity index (χ3n) is 5.28. The van der Waals surface area contributed by atoms with Crippen LogP contribution in [-0.4, -0.2) is 60.6 Å². The molecule has 1 aromatic carbocycles. The third kappa shape index (κ3) is 5.81. The summed E-state index contributed by atoms with van der Waals surface area (Å²) in [4.78, 5) is 23.0. The standard InChI is InChI=1S/C23H27N5O2S/c1-27-12-14-28(15-13-27)20(21-10-6-16-31-21)17-25-23(29)26-19-9-5-11-24-22(19)30-18-7-3-2-4-8-18/h2-11,16,20H,12-15,17H2,1H3,(H2,25,26,29)/t20-/m0/s1. The van der Waals surface area contributed by atoms with E-state index < -0.39 is 0 Å². The Hall–Kier alpha value is -2.94. The maximum Gasteiger partial charge on any atom is 0.319 e. The third-order valence-corrected chi connectivity index (χ3v) is 6.26. The largest absolute Gasteiger partial charge is 0.437 e. The van der Waals surface area contributed by atoms with Crippen molar-refractivity contribution < 1.29 is 9.53 Å². The van der Waals surface area contributed by atoms with Crippen LogP contribution in [0.25, 0.3) is 0 Å². The second kappa shape index (κ2) is 10.4. The molecule has 2 amide bonds. The summed E-state index contributed by atoms with van der Waals surface area (Å²) in [6, 6.07) is 17.0. The number of nitrogens with one attached hydrogen (secondary N) is 2. The Balaban J connectivity index is 1.39. The zero-order chi connectivity index (χ0) is 21.5. The number of rotatable bonds is 7. The fourth-order valence-corrected chi connectivity index (χ4v) is 4.41. The molecule has 1 saturated heterocycles. The molecule has 0 saturated carbocycles. The van der Waals surface area contributed by atoms with Crippen molar-refractivity contribution in [1.82, 2.24) is 20.1 Å². The highest BCUT2D eigenvalue weighted by atomic mass is 32.1. The van der Waals surface area contributed by atoms with Gasteiger partial charge in [-0.2, -0.15) is 0 Å². The van der Waals surface area contributed by atoms with E-state index in [9.17, 15) is 4.79 Å². The minimum absolute atomic E-state index is 0.161. The van der Waals surface area contributed by atoms with Gasteiger partial charge in [0.05, 0.1) is 6.04 Å². The van der Waals surface area contributed by atoms with Gasteiger partial charge in [-0.15, -0.1) is 11.3 Å². The maximum atomic E-state index is 12.7. The second-order valence-corrected chi connectivity index (χ2v) is 8.46. The number of anilines is 1. The van der Waals surface area contributed by atoms with Crippen molar-refractivity contribution >= 4 is 23.1 Å². The molecule has 2 N–H and O–H groups in total. The van der Waals surface area contributed by atoms with Crippen LogP contribution >= 0.6 is 11.3 Å². The smallest absolute Gasteiger partial charge is 0.319 e. The number of piperazine rings is 1. The summed E-state index contributed by atoms with van der Waals surface area (Å²) in [6.45, 7) is 4.57. The molecule has 1 aliphatic heterocycles. The van der Waals surface area contributed by atoms with Gasteiger partial charge in [-0.25, -0.2) is 9.78 Å². The number of para-hydroxylation sites is 1. The molecule has 31 heavy (non-hydrogen) atoms. The van der Waals surface area contributed by atoms with E-state index in [1.54, 1.807) is 29.7 Å². The van der Waals surface area contributed by atoms with Gasteiger partial charge < -0.3 is 20.3 Å². The molecule has 0 bridgehead atoms. The van der Waals surface area contributed by atoms with Crippen LogP contribution in [0, 0.1) is 0 Å². The molecule has 4 rings (SSSR count). The molecule has 2 aromatic heterocycles. The monoisotopic (exact) mass is 437 g/mol. The van der Waals surface area contributed by atoms with E-state index >= 15 is 0 Å². The number of carbonyl (C=O) groups is 1. The van der Waals surface area contributed by atoms with E-state index in [1.807, 2.05) is 30.3 Å². The van der Waals surface area contributed by atoms with Crippen LogP contribution in [-0.2, 0) is 0 Å². The highest BCUT2D eigenvalue weighted by molar-refractivity contribution is 7.10. The number of benzene rings is 1. The number of ether oxygens (including phenoxy) is 1. The van der Waals surface area contributed by atoms with Crippen LogP contribution in [0.4, 0.5) is 10.5 Å². The van der Waals surface area contributed by atoms with Crippen LogP contribution in [0.3, 0.4) is 0 Å². The van der Waals surface area contributed by atoms with E-state index in [-0.39, 0.29) is 12.1 Å². The second-order valence-electron chi connectivity index (χ2n) is 7.48. The first kappa shape index (κ1) is 21.3. The Kier molecular flexibility index (Phi) is 7.14. The minimum Gasteiger partial charge on any atom is -0.437 e. The summed E-state index contributed by atoms with van der Waals surface area (Å²) in [5, 5.41) is 8.00. The van der Waals surface area contributed by atoms with Crippen LogP contribution < -0.4 is 15.4 Å². The predicted molar refractivity (Wildman–Crippen MR) is 124 cm³/mol. The van der Waals surface area contributed by atoms with Crippen LogP contribution in [0.2, 0.25) is 0 Å². The van der Waals surface area contributed by atoms with Gasteiger partial charge >= 0.3 is 6.03 Å². The molecule has 1 aliphatic rings. The molecule has 162 valence electrons. The van der Waals surface area contributed by atoms with Gasteiger partial charge in [-0.1, -0.05) is 24.3 Å².